The Balaban J connectivity index is 4.11. The van der Waals surface area contributed by atoms with Crippen molar-refractivity contribution in [1.29, 1.82) is 5.26 Å². The molecule has 0 radical (unpaired) electrons. The summed E-state index contributed by atoms with van der Waals surface area (Å²) in [5.41, 5.74) is 0. The summed E-state index contributed by atoms with van der Waals surface area (Å²) in [6.45, 7) is 3.81. The van der Waals surface area contributed by atoms with Crippen LogP contribution in [0.1, 0.15) is 20.3 Å². The second-order valence-corrected chi connectivity index (χ2v) is 5.34. The highest BCUT2D eigenvalue weighted by Gasteiger charge is 2.40. The molecule has 0 aliphatic carbocycles. The van der Waals surface area contributed by atoms with Crippen LogP contribution in [-0.2, 0) is 10.8 Å². The van der Waals surface area contributed by atoms with Crippen molar-refractivity contribution in [1.82, 2.24) is 0 Å². The van der Waals surface area contributed by atoms with E-state index in [4.69, 9.17) is 5.26 Å². The molecule has 0 aromatic heterocycles. The lowest BCUT2D eigenvalue weighted by Gasteiger charge is -2.12. The van der Waals surface area contributed by atoms with E-state index in [1.807, 2.05) is 13.8 Å². The molecule has 0 bridgehead atoms. The number of rotatable bonds is 5. The van der Waals surface area contributed by atoms with Gasteiger partial charge in [0.15, 0.2) is 5.92 Å². The fourth-order valence-corrected chi connectivity index (χ4v) is 2.38. The molecule has 2 atom stereocenters. The first-order chi connectivity index (χ1) is 6.77. The van der Waals surface area contributed by atoms with Crippen LogP contribution in [0, 0.1) is 23.2 Å². The van der Waals surface area contributed by atoms with Crippen molar-refractivity contribution in [2.24, 2.45) is 11.8 Å². The zero-order valence-corrected chi connectivity index (χ0v) is 9.49. The first-order valence-corrected chi connectivity index (χ1v) is 6.07. The standard InChI is InChI=1S/C9H14F3NOS/c1-7(2)3-4-15(14)6-8(5-13)9(10,11)12/h7-8H,3-4,6H2,1-2H3. The van der Waals surface area contributed by atoms with Crippen LogP contribution in [0.3, 0.4) is 0 Å². The molecule has 0 aromatic carbocycles. The summed E-state index contributed by atoms with van der Waals surface area (Å²) in [6, 6.07) is 1.14. The van der Waals surface area contributed by atoms with Crippen LogP contribution in [0.4, 0.5) is 13.2 Å². The zero-order valence-electron chi connectivity index (χ0n) is 8.67. The van der Waals surface area contributed by atoms with E-state index >= 15 is 0 Å². The SMILES string of the molecule is CC(C)CCS(=O)CC(C#N)C(F)(F)F. The first kappa shape index (κ1) is 14.4. The molecule has 0 saturated carbocycles. The summed E-state index contributed by atoms with van der Waals surface area (Å²) in [7, 11) is -1.56. The summed E-state index contributed by atoms with van der Waals surface area (Å²) < 4.78 is 47.6. The molecule has 0 aliphatic heterocycles. The maximum atomic E-state index is 12.1. The van der Waals surface area contributed by atoms with E-state index in [1.54, 1.807) is 0 Å². The van der Waals surface area contributed by atoms with Crippen LogP contribution < -0.4 is 0 Å². The number of halogens is 3. The molecule has 0 N–H and O–H groups in total. The lowest BCUT2D eigenvalue weighted by Crippen LogP contribution is -2.27. The molecular formula is C9H14F3NOS. The summed E-state index contributed by atoms with van der Waals surface area (Å²) in [5, 5.41) is 8.28. The summed E-state index contributed by atoms with van der Waals surface area (Å²) in [4.78, 5) is 0. The second-order valence-electron chi connectivity index (χ2n) is 3.72. The van der Waals surface area contributed by atoms with Gasteiger partial charge >= 0.3 is 6.18 Å². The minimum atomic E-state index is -4.57. The molecular weight excluding hydrogens is 227 g/mol. The summed E-state index contributed by atoms with van der Waals surface area (Å²) in [6.07, 6.45) is -3.95. The molecule has 0 heterocycles. The van der Waals surface area contributed by atoms with Crippen molar-refractivity contribution in [3.05, 3.63) is 0 Å². The Labute approximate surface area is 89.9 Å². The Morgan fingerprint density at radius 2 is 1.93 bits per heavy atom. The van der Waals surface area contributed by atoms with Crippen LogP contribution in [0.25, 0.3) is 0 Å². The highest BCUT2D eigenvalue weighted by Crippen LogP contribution is 2.26. The fourth-order valence-electron chi connectivity index (χ4n) is 0.841. The second kappa shape index (κ2) is 6.11. The van der Waals surface area contributed by atoms with Crippen LogP contribution in [0.2, 0.25) is 0 Å². The van der Waals surface area contributed by atoms with Gasteiger partial charge in [-0.1, -0.05) is 13.8 Å². The van der Waals surface area contributed by atoms with E-state index in [9.17, 15) is 17.4 Å². The minimum Gasteiger partial charge on any atom is -0.260 e. The lowest BCUT2D eigenvalue weighted by molar-refractivity contribution is -0.153. The summed E-state index contributed by atoms with van der Waals surface area (Å²) in [5.74, 6) is -2.18. The van der Waals surface area contributed by atoms with Gasteiger partial charge in [0.2, 0.25) is 0 Å². The number of nitriles is 1. The molecule has 0 spiro atoms. The molecule has 0 aromatic rings. The zero-order chi connectivity index (χ0) is 12.1. The van der Waals surface area contributed by atoms with Gasteiger partial charge in [0.05, 0.1) is 6.07 Å². The highest BCUT2D eigenvalue weighted by atomic mass is 32.2. The number of nitrogens with zero attached hydrogens (tertiary/aromatic N) is 1. The molecule has 88 valence electrons. The smallest absolute Gasteiger partial charge is 0.260 e. The van der Waals surface area contributed by atoms with Crippen molar-refractivity contribution >= 4 is 10.8 Å². The van der Waals surface area contributed by atoms with E-state index < -0.39 is 28.6 Å². The number of alkyl halides is 3. The summed E-state index contributed by atoms with van der Waals surface area (Å²) >= 11 is 0. The van der Waals surface area contributed by atoms with Crippen molar-refractivity contribution in [2.45, 2.75) is 26.4 Å². The van der Waals surface area contributed by atoms with E-state index in [-0.39, 0.29) is 5.75 Å². The van der Waals surface area contributed by atoms with E-state index in [0.717, 1.165) is 6.07 Å². The first-order valence-electron chi connectivity index (χ1n) is 4.58. The predicted molar refractivity (Wildman–Crippen MR) is 52.5 cm³/mol. The fraction of sp³-hybridized carbons (Fsp3) is 0.889. The van der Waals surface area contributed by atoms with Gasteiger partial charge in [0, 0.05) is 22.3 Å². The van der Waals surface area contributed by atoms with Crippen molar-refractivity contribution in [2.75, 3.05) is 11.5 Å². The Hall–Kier alpha value is -0.570. The Morgan fingerprint density at radius 1 is 1.40 bits per heavy atom. The molecule has 0 aliphatic rings. The van der Waals surface area contributed by atoms with Crippen LogP contribution in [-0.4, -0.2) is 21.9 Å². The van der Waals surface area contributed by atoms with Gasteiger partial charge in [0.1, 0.15) is 0 Å². The van der Waals surface area contributed by atoms with Gasteiger partial charge in [-0.3, -0.25) is 4.21 Å². The monoisotopic (exact) mass is 241 g/mol. The van der Waals surface area contributed by atoms with Gasteiger partial charge in [-0.05, 0) is 12.3 Å². The Bertz CT molecular complexity index is 257. The molecule has 15 heavy (non-hydrogen) atoms. The van der Waals surface area contributed by atoms with Gasteiger partial charge in [-0.25, -0.2) is 0 Å². The molecule has 0 rings (SSSR count). The Morgan fingerprint density at radius 3 is 2.27 bits per heavy atom. The Kier molecular flexibility index (Phi) is 5.88. The number of hydrogen-bond donors (Lipinski definition) is 0. The van der Waals surface area contributed by atoms with E-state index in [2.05, 4.69) is 0 Å². The third-order valence-corrected chi connectivity index (χ3v) is 3.22. The quantitative estimate of drug-likeness (QED) is 0.742. The molecule has 6 heteroatoms. The number of hydrogen-bond acceptors (Lipinski definition) is 2. The molecule has 2 unspecified atom stereocenters. The molecule has 0 amide bonds. The van der Waals surface area contributed by atoms with Crippen LogP contribution >= 0.6 is 0 Å². The maximum Gasteiger partial charge on any atom is 0.405 e. The van der Waals surface area contributed by atoms with Crippen LogP contribution in [0.5, 0.6) is 0 Å². The third-order valence-electron chi connectivity index (χ3n) is 1.83. The van der Waals surface area contributed by atoms with Gasteiger partial charge in [0.25, 0.3) is 0 Å². The van der Waals surface area contributed by atoms with E-state index in [0.29, 0.717) is 12.3 Å². The van der Waals surface area contributed by atoms with Gasteiger partial charge < -0.3 is 0 Å². The van der Waals surface area contributed by atoms with Crippen LogP contribution in [0.15, 0.2) is 0 Å². The normalized spacial score (nSPS) is 16.1. The average molecular weight is 241 g/mol. The maximum absolute atomic E-state index is 12.1. The topological polar surface area (TPSA) is 40.9 Å². The molecule has 0 saturated heterocycles. The minimum absolute atomic E-state index is 0.228. The lowest BCUT2D eigenvalue weighted by atomic mass is 10.2. The largest absolute Gasteiger partial charge is 0.405 e. The van der Waals surface area contributed by atoms with Gasteiger partial charge in [-0.2, -0.15) is 18.4 Å². The van der Waals surface area contributed by atoms with Crippen molar-refractivity contribution in [3.63, 3.8) is 0 Å². The van der Waals surface area contributed by atoms with Crippen molar-refractivity contribution < 1.29 is 17.4 Å². The third kappa shape index (κ3) is 6.50. The molecule has 2 nitrogen and oxygen atoms in total. The van der Waals surface area contributed by atoms with E-state index in [1.165, 1.54) is 0 Å². The van der Waals surface area contributed by atoms with Crippen molar-refractivity contribution in [3.8, 4) is 6.07 Å². The average Bonchev–Trinajstić information content (AvgIpc) is 2.08. The predicted octanol–water partition coefficient (Wildman–Crippen LogP) is 2.48. The highest BCUT2D eigenvalue weighted by molar-refractivity contribution is 7.84. The van der Waals surface area contributed by atoms with Gasteiger partial charge in [-0.15, -0.1) is 0 Å². The molecule has 0 fully saturated rings.